The van der Waals surface area contributed by atoms with E-state index in [1.54, 1.807) is 11.3 Å². The zero-order valence-electron chi connectivity index (χ0n) is 11.5. The summed E-state index contributed by atoms with van der Waals surface area (Å²) in [5.74, 6) is 0.531. The van der Waals surface area contributed by atoms with Gasteiger partial charge in [-0.25, -0.2) is 4.39 Å². The fourth-order valence-electron chi connectivity index (χ4n) is 2.10. The Morgan fingerprint density at radius 1 is 1.15 bits per heavy atom. The predicted molar refractivity (Wildman–Crippen MR) is 87.9 cm³/mol. The van der Waals surface area contributed by atoms with Crippen molar-refractivity contribution in [3.63, 3.8) is 0 Å². The molecule has 106 valence electrons. The number of halogens is 2. The van der Waals surface area contributed by atoms with Crippen LogP contribution in [0.3, 0.4) is 0 Å². The maximum atomic E-state index is 12.9. The molecule has 0 nitrogen and oxygen atoms in total. The van der Waals surface area contributed by atoms with Gasteiger partial charge in [-0.3, -0.25) is 0 Å². The Hall–Kier alpha value is -1.12. The van der Waals surface area contributed by atoms with Crippen LogP contribution in [0, 0.1) is 5.82 Å². The highest BCUT2D eigenvalue weighted by Gasteiger charge is 2.07. The van der Waals surface area contributed by atoms with Gasteiger partial charge >= 0.3 is 0 Å². The lowest BCUT2D eigenvalue weighted by molar-refractivity contribution is 0.628. The second-order valence-corrected chi connectivity index (χ2v) is 6.09. The van der Waals surface area contributed by atoms with Crippen LogP contribution in [0.25, 0.3) is 16.0 Å². The molecule has 0 aliphatic carbocycles. The van der Waals surface area contributed by atoms with Crippen LogP contribution in [0.4, 0.5) is 4.39 Å². The van der Waals surface area contributed by atoms with Crippen LogP contribution in [0.1, 0.15) is 31.1 Å². The molecule has 0 bridgehead atoms. The summed E-state index contributed by atoms with van der Waals surface area (Å²) in [5, 5.41) is 0. The molecule has 0 atom stereocenters. The van der Waals surface area contributed by atoms with Gasteiger partial charge in [0.25, 0.3) is 0 Å². The summed E-state index contributed by atoms with van der Waals surface area (Å²) < 4.78 is 12.9. The Bertz CT molecular complexity index is 569. The number of unbranched alkanes of at least 4 members (excludes halogenated alkanes) is 1. The lowest BCUT2D eigenvalue weighted by atomic mass is 10.1. The van der Waals surface area contributed by atoms with Crippen LogP contribution in [0.15, 0.2) is 42.5 Å². The standard InChI is InChI=1S/C17H18ClFS/c1-2-13(5-3-4-12-18)16-10-11-17(20-16)14-6-8-15(19)9-7-14/h2,6-11H,3-5,12H2,1H3. The van der Waals surface area contributed by atoms with E-state index >= 15 is 0 Å². The molecule has 3 heteroatoms. The molecule has 0 saturated carbocycles. The van der Waals surface area contributed by atoms with E-state index in [0.717, 1.165) is 30.7 Å². The molecule has 0 spiro atoms. The van der Waals surface area contributed by atoms with Gasteiger partial charge < -0.3 is 0 Å². The highest BCUT2D eigenvalue weighted by molar-refractivity contribution is 7.16. The van der Waals surface area contributed by atoms with E-state index in [1.165, 1.54) is 27.5 Å². The molecule has 1 aromatic carbocycles. The monoisotopic (exact) mass is 308 g/mol. The van der Waals surface area contributed by atoms with Crippen molar-refractivity contribution in [2.45, 2.75) is 26.2 Å². The minimum Gasteiger partial charge on any atom is -0.207 e. The van der Waals surface area contributed by atoms with Gasteiger partial charge in [-0.1, -0.05) is 18.2 Å². The van der Waals surface area contributed by atoms with Crippen molar-refractivity contribution in [1.82, 2.24) is 0 Å². The first kappa shape index (κ1) is 15.3. The quantitative estimate of drug-likeness (QED) is 0.430. The van der Waals surface area contributed by atoms with Crippen molar-refractivity contribution in [3.8, 4) is 10.4 Å². The number of allylic oxidation sites excluding steroid dienone is 2. The van der Waals surface area contributed by atoms with Gasteiger partial charge in [0.15, 0.2) is 0 Å². The fourth-order valence-corrected chi connectivity index (χ4v) is 3.40. The van der Waals surface area contributed by atoms with Crippen LogP contribution in [0.5, 0.6) is 0 Å². The predicted octanol–water partition coefficient (Wildman–Crippen LogP) is 6.37. The van der Waals surface area contributed by atoms with E-state index in [1.807, 2.05) is 12.1 Å². The molecule has 0 fully saturated rings. The third-order valence-electron chi connectivity index (χ3n) is 3.23. The molecule has 0 amide bonds. The van der Waals surface area contributed by atoms with Gasteiger partial charge in [0.05, 0.1) is 0 Å². The molecule has 1 heterocycles. The SMILES string of the molecule is CC=C(CCCCCl)c1ccc(-c2ccc(F)cc2)s1. The van der Waals surface area contributed by atoms with Crippen molar-refractivity contribution >= 4 is 28.5 Å². The van der Waals surface area contributed by atoms with E-state index in [9.17, 15) is 4.39 Å². The summed E-state index contributed by atoms with van der Waals surface area (Å²) in [6, 6.07) is 10.9. The number of thiophene rings is 1. The van der Waals surface area contributed by atoms with E-state index in [0.29, 0.717) is 0 Å². The van der Waals surface area contributed by atoms with E-state index in [4.69, 9.17) is 11.6 Å². The zero-order valence-corrected chi connectivity index (χ0v) is 13.1. The Balaban J connectivity index is 2.13. The number of hydrogen-bond acceptors (Lipinski definition) is 1. The van der Waals surface area contributed by atoms with Gasteiger partial charge in [0, 0.05) is 15.6 Å². The highest BCUT2D eigenvalue weighted by Crippen LogP contribution is 2.33. The molecule has 2 aromatic rings. The number of benzene rings is 1. The molecular weight excluding hydrogens is 291 g/mol. The molecule has 20 heavy (non-hydrogen) atoms. The minimum absolute atomic E-state index is 0.194. The summed E-state index contributed by atoms with van der Waals surface area (Å²) in [6.45, 7) is 2.08. The fraction of sp³-hybridized carbons (Fsp3) is 0.294. The Morgan fingerprint density at radius 3 is 2.55 bits per heavy atom. The Kier molecular flexibility index (Phi) is 5.81. The molecular formula is C17H18ClFS. The third-order valence-corrected chi connectivity index (χ3v) is 4.71. The smallest absolute Gasteiger partial charge is 0.123 e. The second-order valence-electron chi connectivity index (χ2n) is 4.63. The van der Waals surface area contributed by atoms with Crippen LogP contribution in [0.2, 0.25) is 0 Å². The van der Waals surface area contributed by atoms with Gasteiger partial charge in [-0.05, 0) is 61.6 Å². The van der Waals surface area contributed by atoms with Crippen molar-refractivity contribution in [1.29, 1.82) is 0 Å². The Morgan fingerprint density at radius 2 is 1.90 bits per heavy atom. The van der Waals surface area contributed by atoms with Crippen molar-refractivity contribution in [3.05, 3.63) is 53.2 Å². The molecule has 0 radical (unpaired) electrons. The lowest BCUT2D eigenvalue weighted by Crippen LogP contribution is -1.82. The van der Waals surface area contributed by atoms with Crippen LogP contribution >= 0.6 is 22.9 Å². The largest absolute Gasteiger partial charge is 0.207 e. The van der Waals surface area contributed by atoms with Crippen LogP contribution in [-0.2, 0) is 0 Å². The van der Waals surface area contributed by atoms with Gasteiger partial charge in [-0.15, -0.1) is 22.9 Å². The topological polar surface area (TPSA) is 0 Å². The van der Waals surface area contributed by atoms with Crippen LogP contribution in [-0.4, -0.2) is 5.88 Å². The summed E-state index contributed by atoms with van der Waals surface area (Å²) in [5.41, 5.74) is 2.44. The number of rotatable bonds is 6. The van der Waals surface area contributed by atoms with Crippen molar-refractivity contribution < 1.29 is 4.39 Å². The average molecular weight is 309 g/mol. The highest BCUT2D eigenvalue weighted by atomic mass is 35.5. The molecule has 0 unspecified atom stereocenters. The first-order valence-corrected chi connectivity index (χ1v) is 8.17. The maximum Gasteiger partial charge on any atom is 0.123 e. The van der Waals surface area contributed by atoms with Crippen LogP contribution < -0.4 is 0 Å². The minimum atomic E-state index is -0.194. The number of alkyl halides is 1. The van der Waals surface area contributed by atoms with Crippen molar-refractivity contribution in [2.75, 3.05) is 5.88 Å². The van der Waals surface area contributed by atoms with E-state index in [-0.39, 0.29) is 5.82 Å². The maximum absolute atomic E-state index is 12.9. The summed E-state index contributed by atoms with van der Waals surface area (Å²) >= 11 is 7.48. The average Bonchev–Trinajstić information content (AvgIpc) is 2.94. The second kappa shape index (κ2) is 7.61. The summed E-state index contributed by atoms with van der Waals surface area (Å²) in [7, 11) is 0. The first-order valence-electron chi connectivity index (χ1n) is 6.82. The Labute approximate surface area is 128 Å². The first-order chi connectivity index (χ1) is 9.74. The molecule has 0 aliphatic rings. The normalized spacial score (nSPS) is 11.8. The van der Waals surface area contributed by atoms with E-state index < -0.39 is 0 Å². The summed E-state index contributed by atoms with van der Waals surface area (Å²) in [6.07, 6.45) is 5.41. The summed E-state index contributed by atoms with van der Waals surface area (Å²) in [4.78, 5) is 2.47. The van der Waals surface area contributed by atoms with Gasteiger partial charge in [0.2, 0.25) is 0 Å². The zero-order chi connectivity index (χ0) is 14.4. The molecule has 0 N–H and O–H groups in total. The van der Waals surface area contributed by atoms with Crippen molar-refractivity contribution in [2.24, 2.45) is 0 Å². The third kappa shape index (κ3) is 3.94. The number of hydrogen-bond donors (Lipinski definition) is 0. The van der Waals surface area contributed by atoms with Gasteiger partial charge in [-0.2, -0.15) is 0 Å². The van der Waals surface area contributed by atoms with E-state index in [2.05, 4.69) is 25.1 Å². The molecule has 1 aromatic heterocycles. The van der Waals surface area contributed by atoms with Gasteiger partial charge in [0.1, 0.15) is 5.82 Å². The molecule has 2 rings (SSSR count). The lowest BCUT2D eigenvalue weighted by Gasteiger charge is -2.03. The molecule has 0 saturated heterocycles. The molecule has 0 aliphatic heterocycles.